The molecule has 1 amide bonds. The Balaban J connectivity index is 1.65. The van der Waals surface area contributed by atoms with Crippen LogP contribution in [-0.4, -0.2) is 33.1 Å². The Hall–Kier alpha value is -4.18. The van der Waals surface area contributed by atoms with Crippen molar-refractivity contribution in [3.8, 4) is 21.9 Å². The molecule has 1 atom stereocenters. The van der Waals surface area contributed by atoms with E-state index in [2.05, 4.69) is 34.3 Å². The van der Waals surface area contributed by atoms with E-state index < -0.39 is 5.91 Å². The molecule has 0 fully saturated rings. The molecule has 0 radical (unpaired) electrons. The number of pyridine rings is 2. The molecule has 4 heterocycles. The van der Waals surface area contributed by atoms with E-state index in [0.717, 1.165) is 50.4 Å². The summed E-state index contributed by atoms with van der Waals surface area (Å²) in [4.78, 5) is 23.7. The number of nitrogens with two attached hydrogens (primary N) is 1. The normalized spacial score (nSPS) is 14.6. The van der Waals surface area contributed by atoms with E-state index in [1.807, 2.05) is 25.2 Å². The minimum absolute atomic E-state index is 0.127. The van der Waals surface area contributed by atoms with Crippen LogP contribution in [0.3, 0.4) is 0 Å². The van der Waals surface area contributed by atoms with Gasteiger partial charge in [0.1, 0.15) is 11.6 Å². The summed E-state index contributed by atoms with van der Waals surface area (Å²) in [6, 6.07) is 9.02. The number of amides is 1. The molecular formula is C31H31FN6O2S. The van der Waals surface area contributed by atoms with Crippen molar-refractivity contribution in [3.05, 3.63) is 76.3 Å². The molecule has 0 spiro atoms. The maximum atomic E-state index is 14.0. The van der Waals surface area contributed by atoms with Crippen LogP contribution < -0.4 is 11.1 Å². The SMILES string of the molecule is CNc1nccc2cc(-c3c(C(N)=O)c(CC(C)C)nc(CC4CCc5cc(F)ccc54)c3-c3nnc(C)o3)sc12. The lowest BCUT2D eigenvalue weighted by Gasteiger charge is -2.21. The van der Waals surface area contributed by atoms with Crippen LogP contribution in [0.1, 0.15) is 64.9 Å². The molecule has 10 heteroatoms. The van der Waals surface area contributed by atoms with Gasteiger partial charge in [-0.2, -0.15) is 0 Å². The number of hydrogen-bond acceptors (Lipinski definition) is 8. The fourth-order valence-corrected chi connectivity index (χ4v) is 7.10. The Morgan fingerprint density at radius 2 is 2.02 bits per heavy atom. The molecule has 1 aliphatic rings. The fourth-order valence-electron chi connectivity index (χ4n) is 5.90. The first-order valence-electron chi connectivity index (χ1n) is 13.7. The molecule has 0 saturated carbocycles. The van der Waals surface area contributed by atoms with E-state index in [1.54, 1.807) is 19.2 Å². The molecule has 5 aromatic rings. The van der Waals surface area contributed by atoms with E-state index in [-0.39, 0.29) is 17.7 Å². The molecule has 1 aromatic carbocycles. The molecule has 0 saturated heterocycles. The van der Waals surface area contributed by atoms with Crippen molar-refractivity contribution in [1.29, 1.82) is 0 Å². The van der Waals surface area contributed by atoms with Gasteiger partial charge >= 0.3 is 0 Å². The van der Waals surface area contributed by atoms with Crippen LogP contribution in [0, 0.1) is 18.7 Å². The van der Waals surface area contributed by atoms with Crippen molar-refractivity contribution in [2.24, 2.45) is 11.7 Å². The number of primary amides is 1. The number of nitrogens with zero attached hydrogens (tertiary/aromatic N) is 4. The summed E-state index contributed by atoms with van der Waals surface area (Å²) in [5.41, 5.74) is 11.3. The maximum absolute atomic E-state index is 14.0. The van der Waals surface area contributed by atoms with Gasteiger partial charge in [0.2, 0.25) is 11.8 Å². The molecular weight excluding hydrogens is 539 g/mol. The molecule has 210 valence electrons. The summed E-state index contributed by atoms with van der Waals surface area (Å²) < 4.78 is 21.0. The highest BCUT2D eigenvalue weighted by atomic mass is 32.1. The van der Waals surface area contributed by atoms with Crippen LogP contribution in [0.25, 0.3) is 32.0 Å². The summed E-state index contributed by atoms with van der Waals surface area (Å²) in [6.45, 7) is 5.91. The van der Waals surface area contributed by atoms with E-state index >= 15 is 0 Å². The molecule has 1 unspecified atom stereocenters. The highest BCUT2D eigenvalue weighted by Gasteiger charge is 2.32. The summed E-state index contributed by atoms with van der Waals surface area (Å²) in [5, 5.41) is 12.7. The van der Waals surface area contributed by atoms with Gasteiger partial charge < -0.3 is 15.5 Å². The summed E-state index contributed by atoms with van der Waals surface area (Å²) in [7, 11) is 1.83. The third-order valence-electron chi connectivity index (χ3n) is 7.60. The van der Waals surface area contributed by atoms with E-state index in [9.17, 15) is 9.18 Å². The monoisotopic (exact) mass is 570 g/mol. The van der Waals surface area contributed by atoms with Gasteiger partial charge in [-0.05, 0) is 78.3 Å². The van der Waals surface area contributed by atoms with Crippen molar-refractivity contribution in [1.82, 2.24) is 20.2 Å². The molecule has 0 bridgehead atoms. The first-order chi connectivity index (χ1) is 19.7. The number of nitrogens with one attached hydrogen (secondary N) is 1. The molecule has 6 rings (SSSR count). The summed E-state index contributed by atoms with van der Waals surface area (Å²) >= 11 is 1.53. The molecule has 3 N–H and O–H groups in total. The number of rotatable bonds is 8. The molecule has 41 heavy (non-hydrogen) atoms. The van der Waals surface area contributed by atoms with Crippen LogP contribution >= 0.6 is 11.3 Å². The highest BCUT2D eigenvalue weighted by Crippen LogP contribution is 2.46. The predicted octanol–water partition coefficient (Wildman–Crippen LogP) is 6.47. The van der Waals surface area contributed by atoms with Gasteiger partial charge in [0.15, 0.2) is 0 Å². The zero-order valence-corrected chi connectivity index (χ0v) is 24.2. The van der Waals surface area contributed by atoms with Crippen LogP contribution in [0.15, 0.2) is 40.9 Å². The number of carbonyl (C=O) groups excluding carboxylic acids is 1. The Morgan fingerprint density at radius 3 is 2.73 bits per heavy atom. The van der Waals surface area contributed by atoms with Crippen molar-refractivity contribution in [3.63, 3.8) is 0 Å². The number of anilines is 1. The second-order valence-corrected chi connectivity index (χ2v) is 12.0. The Labute approximate surface area is 241 Å². The van der Waals surface area contributed by atoms with Crippen LogP contribution in [0.2, 0.25) is 0 Å². The van der Waals surface area contributed by atoms with Crippen LogP contribution in [0.5, 0.6) is 0 Å². The number of carbonyl (C=O) groups is 1. The minimum atomic E-state index is -0.557. The Morgan fingerprint density at radius 1 is 1.20 bits per heavy atom. The lowest BCUT2D eigenvalue weighted by atomic mass is 9.88. The van der Waals surface area contributed by atoms with Crippen LogP contribution in [-0.2, 0) is 19.3 Å². The lowest BCUT2D eigenvalue weighted by molar-refractivity contribution is 0.0999. The lowest BCUT2D eigenvalue weighted by Crippen LogP contribution is -2.20. The van der Waals surface area contributed by atoms with Gasteiger partial charge in [0, 0.05) is 30.6 Å². The number of halogens is 1. The largest absolute Gasteiger partial charge is 0.421 e. The minimum Gasteiger partial charge on any atom is -0.421 e. The predicted molar refractivity (Wildman–Crippen MR) is 159 cm³/mol. The first kappa shape index (κ1) is 27.0. The third-order valence-corrected chi connectivity index (χ3v) is 8.77. The number of aryl methyl sites for hydroxylation is 2. The maximum Gasteiger partial charge on any atom is 0.251 e. The zero-order chi connectivity index (χ0) is 28.8. The van der Waals surface area contributed by atoms with E-state index in [4.69, 9.17) is 15.1 Å². The number of benzene rings is 1. The first-order valence-corrected chi connectivity index (χ1v) is 14.6. The molecule has 1 aliphatic carbocycles. The van der Waals surface area contributed by atoms with Crippen LogP contribution in [0.4, 0.5) is 10.2 Å². The quantitative estimate of drug-likeness (QED) is 0.219. The number of aromatic nitrogens is 4. The highest BCUT2D eigenvalue weighted by molar-refractivity contribution is 7.22. The van der Waals surface area contributed by atoms with Gasteiger partial charge in [-0.15, -0.1) is 21.5 Å². The number of fused-ring (bicyclic) bond motifs is 2. The Kier molecular flexibility index (Phi) is 7.03. The fraction of sp³-hybridized carbons (Fsp3) is 0.323. The molecule has 8 nitrogen and oxygen atoms in total. The van der Waals surface area contributed by atoms with Gasteiger partial charge in [0.25, 0.3) is 5.91 Å². The van der Waals surface area contributed by atoms with Gasteiger partial charge in [0.05, 0.1) is 27.2 Å². The van der Waals surface area contributed by atoms with Gasteiger partial charge in [-0.1, -0.05) is 19.9 Å². The van der Waals surface area contributed by atoms with E-state index in [0.29, 0.717) is 47.0 Å². The van der Waals surface area contributed by atoms with E-state index in [1.165, 1.54) is 17.4 Å². The second-order valence-electron chi connectivity index (χ2n) is 10.9. The molecule has 4 aromatic heterocycles. The summed E-state index contributed by atoms with van der Waals surface area (Å²) in [6.07, 6.45) is 4.57. The van der Waals surface area contributed by atoms with Crippen molar-refractivity contribution < 1.29 is 13.6 Å². The second kappa shape index (κ2) is 10.7. The molecule has 0 aliphatic heterocycles. The van der Waals surface area contributed by atoms with Crippen molar-refractivity contribution in [2.45, 2.75) is 52.4 Å². The standard InChI is InChI=1S/C31H31FN6O2S/c1-15(2)11-22-25(29(33)39)27(24-14-19-9-10-35-30(34-4)28(19)41-24)26(31-38-37-16(3)40-31)23(36-22)13-18-6-5-17-12-20(32)7-8-21(17)18/h7-10,12,14-15,18H,5-6,11,13H2,1-4H3,(H2,33,39)(H,34,35). The topological polar surface area (TPSA) is 120 Å². The third kappa shape index (κ3) is 4.97. The van der Waals surface area contributed by atoms with Gasteiger partial charge in [-0.25, -0.2) is 9.37 Å². The van der Waals surface area contributed by atoms with Crippen molar-refractivity contribution >= 4 is 33.1 Å². The summed E-state index contributed by atoms with van der Waals surface area (Å²) in [5.74, 6) is 1.03. The number of thiophene rings is 1. The average Bonchev–Trinajstić information content (AvgIpc) is 3.65. The average molecular weight is 571 g/mol. The zero-order valence-electron chi connectivity index (χ0n) is 23.4. The number of hydrogen-bond donors (Lipinski definition) is 2. The Bertz CT molecular complexity index is 1790. The smallest absolute Gasteiger partial charge is 0.251 e. The van der Waals surface area contributed by atoms with Crippen molar-refractivity contribution in [2.75, 3.05) is 12.4 Å². The van der Waals surface area contributed by atoms with Gasteiger partial charge in [-0.3, -0.25) is 9.78 Å².